The highest BCUT2D eigenvalue weighted by Crippen LogP contribution is 2.27. The van der Waals surface area contributed by atoms with Crippen LogP contribution < -0.4 is 0 Å². The molecule has 0 aliphatic carbocycles. The number of amides is 1. The van der Waals surface area contributed by atoms with Crippen LogP contribution in [-0.4, -0.2) is 64.3 Å². The quantitative estimate of drug-likeness (QED) is 0.548. The Morgan fingerprint density at radius 3 is 2.72 bits per heavy atom. The second kappa shape index (κ2) is 9.62. The number of rotatable bonds is 7. The molecule has 2 aromatic heterocycles. The summed E-state index contributed by atoms with van der Waals surface area (Å²) in [6.45, 7) is 4.06. The summed E-state index contributed by atoms with van der Waals surface area (Å²) in [4.78, 5) is 28.1. The Hall–Kier alpha value is -3.04. The molecule has 1 saturated heterocycles. The van der Waals surface area contributed by atoms with E-state index in [4.69, 9.17) is 9.36 Å². The third-order valence-electron chi connectivity index (χ3n) is 5.82. The molecule has 0 bridgehead atoms. The van der Waals surface area contributed by atoms with Crippen LogP contribution in [0, 0.1) is 0 Å². The van der Waals surface area contributed by atoms with Crippen molar-refractivity contribution in [2.75, 3.05) is 32.7 Å². The fourth-order valence-corrected chi connectivity index (χ4v) is 4.67. The summed E-state index contributed by atoms with van der Waals surface area (Å²) in [7, 11) is 0. The van der Waals surface area contributed by atoms with Gasteiger partial charge in [-0.25, -0.2) is 0 Å². The average molecular weight is 452 g/mol. The van der Waals surface area contributed by atoms with E-state index in [-0.39, 0.29) is 12.0 Å². The number of benzene rings is 1. The fraction of sp³-hybridized carbons (Fsp3) is 0.391. The lowest BCUT2D eigenvalue weighted by atomic mass is 10.0. The zero-order valence-corrected chi connectivity index (χ0v) is 18.5. The van der Waals surface area contributed by atoms with Crippen molar-refractivity contribution in [3.63, 3.8) is 0 Å². The van der Waals surface area contributed by atoms with Gasteiger partial charge in [0.2, 0.25) is 11.7 Å². The SMILES string of the molecule is O=C(C1=NOC(c2ccccc2)C1)N1CCN(CCCc2nc(-c3cccs3)no2)CC1. The van der Waals surface area contributed by atoms with Crippen LogP contribution in [0.4, 0.5) is 0 Å². The van der Waals surface area contributed by atoms with Crippen molar-refractivity contribution in [2.24, 2.45) is 5.16 Å². The number of carbonyl (C=O) groups excluding carboxylic acids is 1. The Morgan fingerprint density at radius 1 is 1.09 bits per heavy atom. The molecule has 1 amide bonds. The van der Waals surface area contributed by atoms with Gasteiger partial charge in [0.05, 0.1) is 4.88 Å². The van der Waals surface area contributed by atoms with E-state index >= 15 is 0 Å². The number of piperazine rings is 1. The second-order valence-electron chi connectivity index (χ2n) is 7.97. The minimum Gasteiger partial charge on any atom is -0.387 e. The first-order valence-electron chi connectivity index (χ1n) is 10.9. The maximum atomic E-state index is 12.9. The Bertz CT molecular complexity index is 1060. The molecule has 32 heavy (non-hydrogen) atoms. The van der Waals surface area contributed by atoms with Gasteiger partial charge in [0, 0.05) is 39.0 Å². The molecule has 1 atom stereocenters. The zero-order valence-electron chi connectivity index (χ0n) is 17.7. The summed E-state index contributed by atoms with van der Waals surface area (Å²) < 4.78 is 5.37. The average Bonchev–Trinajstić information content (AvgIpc) is 3.61. The van der Waals surface area contributed by atoms with E-state index < -0.39 is 0 Å². The number of nitrogens with zero attached hydrogens (tertiary/aromatic N) is 5. The van der Waals surface area contributed by atoms with Crippen molar-refractivity contribution in [3.8, 4) is 10.7 Å². The first kappa shape index (κ1) is 20.8. The van der Waals surface area contributed by atoms with Gasteiger partial charge in [0.1, 0.15) is 5.71 Å². The van der Waals surface area contributed by atoms with Gasteiger partial charge >= 0.3 is 0 Å². The monoisotopic (exact) mass is 451 g/mol. The third-order valence-corrected chi connectivity index (χ3v) is 6.69. The largest absolute Gasteiger partial charge is 0.387 e. The Balaban J connectivity index is 1.04. The van der Waals surface area contributed by atoms with Gasteiger partial charge in [-0.15, -0.1) is 11.3 Å². The first-order chi connectivity index (χ1) is 15.8. The normalized spacial score (nSPS) is 19.1. The molecule has 3 aromatic rings. The maximum absolute atomic E-state index is 12.9. The van der Waals surface area contributed by atoms with Crippen LogP contribution in [0.15, 0.2) is 57.5 Å². The zero-order chi connectivity index (χ0) is 21.8. The van der Waals surface area contributed by atoms with Gasteiger partial charge < -0.3 is 14.3 Å². The van der Waals surface area contributed by atoms with Gasteiger partial charge in [-0.3, -0.25) is 9.69 Å². The number of oxime groups is 1. The van der Waals surface area contributed by atoms with Gasteiger partial charge in [-0.2, -0.15) is 4.98 Å². The van der Waals surface area contributed by atoms with Crippen molar-refractivity contribution in [1.82, 2.24) is 19.9 Å². The number of hydrogen-bond donors (Lipinski definition) is 0. The van der Waals surface area contributed by atoms with Crippen molar-refractivity contribution < 1.29 is 14.2 Å². The molecule has 166 valence electrons. The highest BCUT2D eigenvalue weighted by Gasteiger charge is 2.31. The van der Waals surface area contributed by atoms with Crippen LogP contribution in [0.25, 0.3) is 10.7 Å². The van der Waals surface area contributed by atoms with Crippen molar-refractivity contribution >= 4 is 23.0 Å². The summed E-state index contributed by atoms with van der Waals surface area (Å²) >= 11 is 1.60. The van der Waals surface area contributed by atoms with Crippen LogP contribution in [0.3, 0.4) is 0 Å². The summed E-state index contributed by atoms with van der Waals surface area (Å²) in [5.74, 6) is 1.33. The summed E-state index contributed by atoms with van der Waals surface area (Å²) in [6, 6.07) is 13.9. The lowest BCUT2D eigenvalue weighted by Crippen LogP contribution is -2.50. The summed E-state index contributed by atoms with van der Waals surface area (Å²) in [5, 5.41) is 10.1. The number of carbonyl (C=O) groups is 1. The highest BCUT2D eigenvalue weighted by molar-refractivity contribution is 7.13. The molecule has 0 spiro atoms. The molecule has 1 unspecified atom stereocenters. The second-order valence-corrected chi connectivity index (χ2v) is 8.92. The molecule has 2 aliphatic heterocycles. The van der Waals surface area contributed by atoms with Gasteiger partial charge in [-0.1, -0.05) is 46.7 Å². The Labute approximate surface area is 190 Å². The predicted octanol–water partition coefficient (Wildman–Crippen LogP) is 3.39. The van der Waals surface area contributed by atoms with Crippen LogP contribution in [0.1, 0.15) is 30.4 Å². The van der Waals surface area contributed by atoms with E-state index in [1.165, 1.54) is 0 Å². The minimum atomic E-state index is -0.165. The molecule has 0 saturated carbocycles. The van der Waals surface area contributed by atoms with Gasteiger partial charge in [0.15, 0.2) is 6.10 Å². The number of thiophene rings is 1. The van der Waals surface area contributed by atoms with Crippen molar-refractivity contribution in [2.45, 2.75) is 25.4 Å². The van der Waals surface area contributed by atoms with E-state index in [0.717, 1.165) is 42.9 Å². The standard InChI is InChI=1S/C23H25N5O3S/c29-23(18-16-19(30-25-18)17-6-2-1-3-7-17)28-13-11-27(12-14-28)10-4-9-21-24-22(26-31-21)20-8-5-15-32-20/h1-3,5-8,15,19H,4,9-14,16H2. The van der Waals surface area contributed by atoms with E-state index in [1.54, 1.807) is 11.3 Å². The van der Waals surface area contributed by atoms with Gasteiger partial charge in [0.25, 0.3) is 5.91 Å². The van der Waals surface area contributed by atoms with Crippen LogP contribution >= 0.6 is 11.3 Å². The summed E-state index contributed by atoms with van der Waals surface area (Å²) in [6.07, 6.45) is 2.06. The molecule has 8 nitrogen and oxygen atoms in total. The highest BCUT2D eigenvalue weighted by atomic mass is 32.1. The van der Waals surface area contributed by atoms with E-state index in [9.17, 15) is 4.79 Å². The van der Waals surface area contributed by atoms with Gasteiger partial charge in [-0.05, 0) is 30.0 Å². The smallest absolute Gasteiger partial charge is 0.271 e. The van der Waals surface area contributed by atoms with Crippen LogP contribution in [0.5, 0.6) is 0 Å². The van der Waals surface area contributed by atoms with Crippen LogP contribution in [-0.2, 0) is 16.1 Å². The Kier molecular flexibility index (Phi) is 6.27. The fourth-order valence-electron chi connectivity index (χ4n) is 4.02. The number of hydrogen-bond acceptors (Lipinski definition) is 8. The molecule has 5 rings (SSSR count). The Morgan fingerprint density at radius 2 is 1.94 bits per heavy atom. The minimum absolute atomic E-state index is 0.00459. The number of aryl methyl sites for hydroxylation is 1. The lowest BCUT2D eigenvalue weighted by molar-refractivity contribution is -0.125. The molecular weight excluding hydrogens is 426 g/mol. The first-order valence-corrected chi connectivity index (χ1v) is 11.8. The molecule has 2 aliphatic rings. The summed E-state index contributed by atoms with van der Waals surface area (Å²) in [5.41, 5.74) is 1.57. The lowest BCUT2D eigenvalue weighted by Gasteiger charge is -2.34. The van der Waals surface area contributed by atoms with E-state index in [0.29, 0.717) is 36.9 Å². The van der Waals surface area contributed by atoms with E-state index in [1.807, 2.05) is 52.7 Å². The third kappa shape index (κ3) is 4.73. The van der Waals surface area contributed by atoms with Crippen LogP contribution in [0.2, 0.25) is 0 Å². The number of aromatic nitrogens is 2. The topological polar surface area (TPSA) is 84.1 Å². The predicted molar refractivity (Wildman–Crippen MR) is 121 cm³/mol. The van der Waals surface area contributed by atoms with Crippen molar-refractivity contribution in [1.29, 1.82) is 0 Å². The maximum Gasteiger partial charge on any atom is 0.271 e. The molecule has 1 aromatic carbocycles. The van der Waals surface area contributed by atoms with Crippen molar-refractivity contribution in [3.05, 3.63) is 59.3 Å². The molecule has 4 heterocycles. The molecular formula is C23H25N5O3S. The molecule has 0 radical (unpaired) electrons. The molecule has 1 fully saturated rings. The molecule has 9 heteroatoms. The molecule has 0 N–H and O–H groups in total. The van der Waals surface area contributed by atoms with E-state index in [2.05, 4.69) is 20.2 Å².